The van der Waals surface area contributed by atoms with Crippen LogP contribution in [0.4, 0.5) is 27.6 Å². The number of ether oxygens (including phenoxy) is 2. The predicted molar refractivity (Wildman–Crippen MR) is 151 cm³/mol. The molecule has 0 radical (unpaired) electrons. The van der Waals surface area contributed by atoms with E-state index in [1.54, 1.807) is 37.4 Å². The van der Waals surface area contributed by atoms with Crippen LogP contribution in [0, 0.1) is 5.82 Å². The number of aromatic nitrogens is 2. The van der Waals surface area contributed by atoms with E-state index < -0.39 is 5.82 Å². The zero-order valence-electron chi connectivity index (χ0n) is 21.5. The Kier molecular flexibility index (Phi) is 7.40. The molecule has 39 heavy (non-hydrogen) atoms. The summed E-state index contributed by atoms with van der Waals surface area (Å²) in [6, 6.07) is 12.6. The number of halogens is 2. The zero-order valence-corrected chi connectivity index (χ0v) is 22.3. The molecule has 3 heterocycles. The number of nitrogens with zero attached hydrogens (tertiary/aromatic N) is 3. The lowest BCUT2D eigenvalue weighted by molar-refractivity contribution is -0.00282. The van der Waals surface area contributed by atoms with Crippen molar-refractivity contribution in [3.05, 3.63) is 65.1 Å². The van der Waals surface area contributed by atoms with E-state index in [0.29, 0.717) is 59.7 Å². The molecule has 0 bridgehead atoms. The lowest BCUT2D eigenvalue weighted by Crippen LogP contribution is -2.43. The average molecular weight is 553 g/mol. The monoisotopic (exact) mass is 552 g/mol. The highest BCUT2D eigenvalue weighted by Crippen LogP contribution is 2.33. The summed E-state index contributed by atoms with van der Waals surface area (Å²) in [5.41, 5.74) is 2.97. The normalized spacial score (nSPS) is 19.2. The lowest BCUT2D eigenvalue weighted by Gasteiger charge is -2.38. The van der Waals surface area contributed by atoms with E-state index in [0.717, 1.165) is 37.1 Å². The summed E-state index contributed by atoms with van der Waals surface area (Å²) in [5, 5.41) is 6.75. The molecule has 3 N–H and O–H groups in total. The van der Waals surface area contributed by atoms with Crippen molar-refractivity contribution in [1.82, 2.24) is 9.97 Å². The summed E-state index contributed by atoms with van der Waals surface area (Å²) < 4.78 is 31.7. The summed E-state index contributed by atoms with van der Waals surface area (Å²) in [5.74, 6) is 1.29. The van der Waals surface area contributed by atoms with Gasteiger partial charge in [-0.05, 0) is 68.1 Å². The molecule has 0 unspecified atom stereocenters. The van der Waals surface area contributed by atoms with Crippen LogP contribution < -0.4 is 15.5 Å². The van der Waals surface area contributed by atoms with Crippen molar-refractivity contribution in [2.45, 2.75) is 37.8 Å². The number of benzene rings is 2. The Hall–Kier alpha value is -3.60. The van der Waals surface area contributed by atoms with E-state index in [1.165, 1.54) is 6.07 Å². The molecule has 0 saturated heterocycles. The number of methoxy groups -OCH3 is 1. The van der Waals surface area contributed by atoms with E-state index in [4.69, 9.17) is 30.5 Å². The summed E-state index contributed by atoms with van der Waals surface area (Å²) in [4.78, 5) is 14.9. The van der Waals surface area contributed by atoms with Gasteiger partial charge in [-0.25, -0.2) is 9.38 Å². The van der Waals surface area contributed by atoms with Gasteiger partial charge in [-0.3, -0.25) is 0 Å². The number of H-pyrrole nitrogens is 1. The second-order valence-corrected chi connectivity index (χ2v) is 10.2. The van der Waals surface area contributed by atoms with Gasteiger partial charge in [0, 0.05) is 30.1 Å². The van der Waals surface area contributed by atoms with E-state index in [9.17, 15) is 0 Å². The maximum absolute atomic E-state index is 15.0. The second kappa shape index (κ2) is 11.3. The molecule has 0 amide bonds. The number of anilines is 4. The molecule has 0 atom stereocenters. The molecule has 0 spiro atoms. The summed E-state index contributed by atoms with van der Waals surface area (Å²) in [6.45, 7) is 1.79. The van der Waals surface area contributed by atoms with Gasteiger partial charge in [-0.15, -0.1) is 0 Å². The molecule has 2 aromatic carbocycles. The van der Waals surface area contributed by atoms with Gasteiger partial charge in [0.2, 0.25) is 0 Å². The number of hydrogen-bond donors (Lipinski definition) is 3. The highest BCUT2D eigenvalue weighted by molar-refractivity contribution is 6.31. The van der Waals surface area contributed by atoms with Gasteiger partial charge in [0.25, 0.3) is 6.01 Å². The van der Waals surface area contributed by atoms with E-state index >= 15 is 4.39 Å². The predicted octanol–water partition coefficient (Wildman–Crippen LogP) is 6.30. The van der Waals surface area contributed by atoms with Crippen LogP contribution >= 0.6 is 11.6 Å². The SMILES string of the molecule is COCCOC1CCC(N2CN=C(Nc3ccc(Nc4nc5cc(Cl)ccc5o4)c(F)c3)c3cc[nH]c32)CC1. The molecule has 1 saturated carbocycles. The maximum atomic E-state index is 15.0. The molecule has 6 rings (SSSR count). The van der Waals surface area contributed by atoms with Crippen molar-refractivity contribution in [2.24, 2.45) is 4.99 Å². The van der Waals surface area contributed by atoms with Crippen LogP contribution in [0.25, 0.3) is 11.1 Å². The van der Waals surface area contributed by atoms with Crippen LogP contribution in [0.1, 0.15) is 31.2 Å². The highest BCUT2D eigenvalue weighted by Gasteiger charge is 2.31. The third-order valence-electron chi connectivity index (χ3n) is 7.20. The number of rotatable bonds is 8. The van der Waals surface area contributed by atoms with Gasteiger partial charge < -0.3 is 34.4 Å². The summed E-state index contributed by atoms with van der Waals surface area (Å²) in [7, 11) is 1.69. The van der Waals surface area contributed by atoms with Crippen LogP contribution in [0.15, 0.2) is 58.1 Å². The number of nitrogens with one attached hydrogen (secondary N) is 3. The Morgan fingerprint density at radius 2 is 1.97 bits per heavy atom. The van der Waals surface area contributed by atoms with Crippen molar-refractivity contribution in [1.29, 1.82) is 0 Å². The van der Waals surface area contributed by atoms with Crippen molar-refractivity contribution in [2.75, 3.05) is 42.5 Å². The van der Waals surface area contributed by atoms with Crippen molar-refractivity contribution in [3.63, 3.8) is 0 Å². The van der Waals surface area contributed by atoms with Gasteiger partial charge >= 0.3 is 0 Å². The van der Waals surface area contributed by atoms with Crippen LogP contribution in [-0.2, 0) is 9.47 Å². The number of oxazole rings is 1. The lowest BCUT2D eigenvalue weighted by atomic mass is 9.91. The molecule has 2 aromatic heterocycles. The average Bonchev–Trinajstić information content (AvgIpc) is 3.58. The first-order valence-electron chi connectivity index (χ1n) is 13.1. The minimum absolute atomic E-state index is 0.191. The topological polar surface area (TPSA) is 99.9 Å². The number of amidine groups is 1. The third-order valence-corrected chi connectivity index (χ3v) is 7.43. The molecule has 1 aliphatic carbocycles. The Bertz CT molecular complexity index is 1480. The molecule has 9 nitrogen and oxygen atoms in total. The smallest absolute Gasteiger partial charge is 0.300 e. The molecular formula is C28H30ClFN6O3. The number of hydrogen-bond acceptors (Lipinski definition) is 8. The second-order valence-electron chi connectivity index (χ2n) is 9.73. The van der Waals surface area contributed by atoms with E-state index in [2.05, 4.69) is 25.5 Å². The first-order chi connectivity index (χ1) is 19.1. The number of aliphatic imine (C=N–C) groups is 1. The number of aromatic amines is 1. The van der Waals surface area contributed by atoms with Crippen molar-refractivity contribution >= 4 is 51.7 Å². The van der Waals surface area contributed by atoms with Crippen LogP contribution in [-0.4, -0.2) is 54.9 Å². The molecule has 1 fully saturated rings. The molecule has 11 heteroatoms. The molecular weight excluding hydrogens is 523 g/mol. The van der Waals surface area contributed by atoms with Gasteiger partial charge in [0.05, 0.1) is 30.6 Å². The van der Waals surface area contributed by atoms with E-state index in [-0.39, 0.29) is 11.7 Å². The standard InChI is InChI=1S/C28H30ClFN6O3/c1-37-12-13-38-20-6-4-19(5-7-20)36-16-32-26(21-10-11-31-27(21)36)33-18-3-8-23(22(30)15-18)34-28-35-24-14-17(29)2-9-25(24)39-28/h2-3,8-11,14-15,19-20,31H,4-7,12-13,16H2,1H3,(H,32,33)(H,34,35). The quantitative estimate of drug-likeness (QED) is 0.220. The Balaban J connectivity index is 1.10. The van der Waals surface area contributed by atoms with Crippen LogP contribution in [0.2, 0.25) is 5.02 Å². The molecule has 1 aliphatic heterocycles. The fourth-order valence-corrected chi connectivity index (χ4v) is 5.39. The minimum Gasteiger partial charge on any atom is -0.423 e. The molecule has 204 valence electrons. The Morgan fingerprint density at radius 1 is 1.10 bits per heavy atom. The minimum atomic E-state index is -0.447. The fraction of sp³-hybridized carbons (Fsp3) is 0.357. The van der Waals surface area contributed by atoms with Gasteiger partial charge in [0.1, 0.15) is 29.7 Å². The number of fused-ring (bicyclic) bond motifs is 2. The Morgan fingerprint density at radius 3 is 2.79 bits per heavy atom. The largest absolute Gasteiger partial charge is 0.423 e. The molecule has 4 aromatic rings. The fourth-order valence-electron chi connectivity index (χ4n) is 5.22. The Labute approximate surface area is 230 Å². The summed E-state index contributed by atoms with van der Waals surface area (Å²) >= 11 is 6.02. The van der Waals surface area contributed by atoms with Crippen molar-refractivity contribution in [3.8, 4) is 0 Å². The van der Waals surface area contributed by atoms with Crippen molar-refractivity contribution < 1.29 is 18.3 Å². The summed E-state index contributed by atoms with van der Waals surface area (Å²) in [6.07, 6.45) is 6.33. The first-order valence-corrected chi connectivity index (χ1v) is 13.4. The highest BCUT2D eigenvalue weighted by atomic mass is 35.5. The van der Waals surface area contributed by atoms with E-state index in [1.807, 2.05) is 12.3 Å². The zero-order chi connectivity index (χ0) is 26.8. The van der Waals surface area contributed by atoms with Crippen LogP contribution in [0.5, 0.6) is 0 Å². The van der Waals surface area contributed by atoms with Gasteiger partial charge in [-0.2, -0.15) is 4.98 Å². The van der Waals surface area contributed by atoms with Gasteiger partial charge in [-0.1, -0.05) is 11.6 Å². The van der Waals surface area contributed by atoms with Gasteiger partial charge in [0.15, 0.2) is 5.58 Å². The first kappa shape index (κ1) is 25.7. The third kappa shape index (κ3) is 5.59. The maximum Gasteiger partial charge on any atom is 0.300 e. The molecule has 2 aliphatic rings. The van der Waals surface area contributed by atoms with Crippen LogP contribution in [0.3, 0.4) is 0 Å².